The molecule has 0 aromatic heterocycles. The Bertz CT molecular complexity index is 760. The molecule has 5 nitrogen and oxygen atoms in total. The van der Waals surface area contributed by atoms with Gasteiger partial charge in [0.05, 0.1) is 23.3 Å². The summed E-state index contributed by atoms with van der Waals surface area (Å²) in [7, 11) is -2.60. The predicted molar refractivity (Wildman–Crippen MR) is 80.0 cm³/mol. The average molecular weight is 326 g/mol. The van der Waals surface area contributed by atoms with Gasteiger partial charge in [0.1, 0.15) is 0 Å². The van der Waals surface area contributed by atoms with Crippen LogP contribution in [-0.4, -0.2) is 21.5 Å². The summed E-state index contributed by atoms with van der Waals surface area (Å²) in [6.07, 6.45) is 0. The Morgan fingerprint density at radius 1 is 1.14 bits per heavy atom. The number of halogens is 1. The Morgan fingerprint density at radius 3 is 2.43 bits per heavy atom. The molecule has 0 radical (unpaired) electrons. The van der Waals surface area contributed by atoms with Gasteiger partial charge in [-0.05, 0) is 30.3 Å². The Kier molecular flexibility index (Phi) is 4.50. The van der Waals surface area contributed by atoms with Crippen LogP contribution in [0.2, 0.25) is 5.02 Å². The fourth-order valence-corrected chi connectivity index (χ4v) is 2.96. The molecule has 0 aliphatic carbocycles. The van der Waals surface area contributed by atoms with Crippen molar-refractivity contribution < 1.29 is 17.9 Å². The molecular formula is C14H12ClNO4S. The van der Waals surface area contributed by atoms with E-state index < -0.39 is 16.0 Å². The molecule has 0 spiro atoms. The zero-order chi connectivity index (χ0) is 15.5. The first-order chi connectivity index (χ1) is 9.94. The van der Waals surface area contributed by atoms with Gasteiger partial charge in [-0.3, -0.25) is 4.72 Å². The third kappa shape index (κ3) is 3.53. The second kappa shape index (κ2) is 6.15. The number of esters is 1. The number of sulfonamides is 1. The maximum atomic E-state index is 12.3. The number of anilines is 1. The monoisotopic (exact) mass is 325 g/mol. The van der Waals surface area contributed by atoms with E-state index in [1.165, 1.54) is 37.4 Å². The highest BCUT2D eigenvalue weighted by atomic mass is 35.5. The minimum Gasteiger partial charge on any atom is -0.465 e. The number of hydrogen-bond acceptors (Lipinski definition) is 4. The van der Waals surface area contributed by atoms with E-state index in [-0.39, 0.29) is 16.1 Å². The Labute approximate surface area is 127 Å². The van der Waals surface area contributed by atoms with Crippen LogP contribution in [0.5, 0.6) is 0 Å². The van der Waals surface area contributed by atoms with Crippen LogP contribution < -0.4 is 4.72 Å². The van der Waals surface area contributed by atoms with Gasteiger partial charge in [-0.2, -0.15) is 0 Å². The molecule has 0 unspecified atom stereocenters. The lowest BCUT2D eigenvalue weighted by Gasteiger charge is -2.12. The van der Waals surface area contributed by atoms with Crippen LogP contribution in [-0.2, 0) is 14.8 Å². The van der Waals surface area contributed by atoms with Crippen LogP contribution in [0.25, 0.3) is 0 Å². The third-order valence-corrected chi connectivity index (χ3v) is 4.30. The van der Waals surface area contributed by atoms with E-state index in [2.05, 4.69) is 9.46 Å². The van der Waals surface area contributed by atoms with Gasteiger partial charge < -0.3 is 4.74 Å². The molecule has 2 aromatic carbocycles. The molecule has 2 aromatic rings. The molecule has 1 N–H and O–H groups in total. The Balaban J connectivity index is 2.44. The van der Waals surface area contributed by atoms with Gasteiger partial charge in [-0.15, -0.1) is 0 Å². The van der Waals surface area contributed by atoms with Gasteiger partial charge in [0.25, 0.3) is 10.0 Å². The molecule has 0 atom stereocenters. The maximum absolute atomic E-state index is 12.3. The fourth-order valence-electron chi connectivity index (χ4n) is 1.69. The zero-order valence-corrected chi connectivity index (χ0v) is 12.6. The highest BCUT2D eigenvalue weighted by molar-refractivity contribution is 7.92. The largest absolute Gasteiger partial charge is 0.465 e. The molecule has 21 heavy (non-hydrogen) atoms. The lowest BCUT2D eigenvalue weighted by Crippen LogP contribution is -2.16. The van der Waals surface area contributed by atoms with E-state index in [4.69, 9.17) is 11.6 Å². The van der Waals surface area contributed by atoms with Crippen molar-refractivity contribution in [2.75, 3.05) is 11.8 Å². The Morgan fingerprint density at radius 2 is 1.81 bits per heavy atom. The van der Waals surface area contributed by atoms with Crippen LogP contribution in [0.15, 0.2) is 53.4 Å². The second-order valence-corrected chi connectivity index (χ2v) is 6.22. The van der Waals surface area contributed by atoms with Gasteiger partial charge in [-0.1, -0.05) is 29.8 Å². The number of carbonyl (C=O) groups is 1. The van der Waals surface area contributed by atoms with Crippen LogP contribution in [0.3, 0.4) is 0 Å². The molecule has 0 fully saturated rings. The van der Waals surface area contributed by atoms with E-state index >= 15 is 0 Å². The number of carbonyl (C=O) groups excluding carboxylic acids is 1. The van der Waals surface area contributed by atoms with Gasteiger partial charge in [0.15, 0.2) is 0 Å². The quantitative estimate of drug-likeness (QED) is 0.877. The van der Waals surface area contributed by atoms with E-state index in [0.717, 1.165) is 0 Å². The molecule has 0 saturated carbocycles. The van der Waals surface area contributed by atoms with E-state index in [0.29, 0.717) is 5.02 Å². The maximum Gasteiger partial charge on any atom is 0.339 e. The van der Waals surface area contributed by atoms with Crippen LogP contribution in [0.1, 0.15) is 10.4 Å². The first-order valence-corrected chi connectivity index (χ1v) is 7.76. The van der Waals surface area contributed by atoms with Gasteiger partial charge in [0, 0.05) is 5.02 Å². The van der Waals surface area contributed by atoms with Crippen molar-refractivity contribution in [2.45, 2.75) is 4.90 Å². The third-order valence-electron chi connectivity index (χ3n) is 2.68. The lowest BCUT2D eigenvalue weighted by atomic mass is 10.2. The van der Waals surface area contributed by atoms with Crippen LogP contribution in [0, 0.1) is 0 Å². The van der Waals surface area contributed by atoms with E-state index in [1.54, 1.807) is 18.2 Å². The standard InChI is InChI=1S/C14H12ClNO4S/c1-20-14(17)12-8-7-10(15)9-13(12)16-21(18,19)11-5-3-2-4-6-11/h2-9,16H,1H3. The second-order valence-electron chi connectivity index (χ2n) is 4.10. The van der Waals surface area contributed by atoms with Gasteiger partial charge >= 0.3 is 5.97 Å². The molecular weight excluding hydrogens is 314 g/mol. The van der Waals surface area contributed by atoms with Crippen molar-refractivity contribution in [3.63, 3.8) is 0 Å². The summed E-state index contributed by atoms with van der Waals surface area (Å²) in [6.45, 7) is 0. The van der Waals surface area contributed by atoms with Crippen molar-refractivity contribution in [3.8, 4) is 0 Å². The van der Waals surface area contributed by atoms with E-state index in [1.807, 2.05) is 0 Å². The van der Waals surface area contributed by atoms with Crippen LogP contribution >= 0.6 is 11.6 Å². The first-order valence-electron chi connectivity index (χ1n) is 5.90. The summed E-state index contributed by atoms with van der Waals surface area (Å²) in [5.74, 6) is -0.655. The first kappa shape index (κ1) is 15.3. The molecule has 0 bridgehead atoms. The highest BCUT2D eigenvalue weighted by Crippen LogP contribution is 2.24. The Hall–Kier alpha value is -2.05. The van der Waals surface area contributed by atoms with Crippen molar-refractivity contribution in [2.24, 2.45) is 0 Å². The van der Waals surface area contributed by atoms with Gasteiger partial charge in [-0.25, -0.2) is 13.2 Å². The number of benzene rings is 2. The van der Waals surface area contributed by atoms with E-state index in [9.17, 15) is 13.2 Å². The molecule has 0 aliphatic heterocycles. The molecule has 110 valence electrons. The summed E-state index contributed by atoms with van der Waals surface area (Å²) >= 11 is 5.85. The van der Waals surface area contributed by atoms with Gasteiger partial charge in [0.2, 0.25) is 0 Å². The number of rotatable bonds is 4. The van der Waals surface area contributed by atoms with Crippen molar-refractivity contribution in [3.05, 3.63) is 59.1 Å². The minimum atomic E-state index is -3.81. The van der Waals surface area contributed by atoms with Crippen LogP contribution in [0.4, 0.5) is 5.69 Å². The van der Waals surface area contributed by atoms with Crippen molar-refractivity contribution >= 4 is 33.3 Å². The topological polar surface area (TPSA) is 72.5 Å². The molecule has 0 amide bonds. The summed E-state index contributed by atoms with van der Waals surface area (Å²) in [5.41, 5.74) is 0.152. The zero-order valence-electron chi connectivity index (χ0n) is 11.0. The summed E-state index contributed by atoms with van der Waals surface area (Å²) in [5, 5.41) is 0.299. The lowest BCUT2D eigenvalue weighted by molar-refractivity contribution is 0.0602. The predicted octanol–water partition coefficient (Wildman–Crippen LogP) is 2.93. The molecule has 2 rings (SSSR count). The average Bonchev–Trinajstić information content (AvgIpc) is 2.47. The summed E-state index contributed by atoms with van der Waals surface area (Å²) in [4.78, 5) is 11.8. The normalized spacial score (nSPS) is 11.0. The molecule has 0 heterocycles. The highest BCUT2D eigenvalue weighted by Gasteiger charge is 2.19. The van der Waals surface area contributed by atoms with Crippen molar-refractivity contribution in [1.82, 2.24) is 0 Å². The molecule has 0 aliphatic rings. The van der Waals surface area contributed by atoms with Crippen molar-refractivity contribution in [1.29, 1.82) is 0 Å². The number of nitrogens with one attached hydrogen (secondary N) is 1. The number of methoxy groups -OCH3 is 1. The summed E-state index contributed by atoms with van der Waals surface area (Å²) in [6, 6.07) is 12.1. The molecule has 0 saturated heterocycles. The number of ether oxygens (including phenoxy) is 1. The smallest absolute Gasteiger partial charge is 0.339 e. The number of hydrogen-bond donors (Lipinski definition) is 1. The fraction of sp³-hybridized carbons (Fsp3) is 0.0714. The molecule has 7 heteroatoms. The summed E-state index contributed by atoms with van der Waals surface area (Å²) < 4.78 is 31.5. The minimum absolute atomic E-state index is 0.0678. The SMILES string of the molecule is COC(=O)c1ccc(Cl)cc1NS(=O)(=O)c1ccccc1.